The number of pyridine rings is 1. The molecule has 2 aromatic carbocycles. The van der Waals surface area contributed by atoms with Gasteiger partial charge in [-0.2, -0.15) is 0 Å². The van der Waals surface area contributed by atoms with Gasteiger partial charge in [-0.25, -0.2) is 4.39 Å². The van der Waals surface area contributed by atoms with Gasteiger partial charge in [0.05, 0.1) is 18.4 Å². The van der Waals surface area contributed by atoms with Gasteiger partial charge in [0.1, 0.15) is 17.4 Å². The molecule has 26 heavy (non-hydrogen) atoms. The number of hydrogen-bond donors (Lipinski definition) is 1. The van der Waals surface area contributed by atoms with Gasteiger partial charge < -0.3 is 10.5 Å². The number of aryl methyl sites for hydroxylation is 1. The molecular weight excluding hydrogens is 335 g/mol. The Bertz CT molecular complexity index is 1040. The van der Waals surface area contributed by atoms with Crippen LogP contribution in [-0.2, 0) is 0 Å². The topological polar surface area (TPSA) is 74.3 Å². The fraction of sp³-hybridized carbons (Fsp3) is 0.100. The van der Waals surface area contributed by atoms with Crippen molar-refractivity contribution in [3.63, 3.8) is 0 Å². The Morgan fingerprint density at radius 1 is 1.08 bits per heavy atom. The lowest BCUT2D eigenvalue weighted by molar-refractivity contribution is 0.103. The number of ether oxygens (including phenoxy) is 1. The monoisotopic (exact) mass is 352 g/mol. The highest BCUT2D eigenvalue weighted by molar-refractivity contribution is 6.11. The van der Waals surface area contributed by atoms with Gasteiger partial charge in [0.2, 0.25) is 0 Å². The second-order valence-electron chi connectivity index (χ2n) is 5.79. The molecule has 0 radical (unpaired) electrons. The summed E-state index contributed by atoms with van der Waals surface area (Å²) in [4.78, 5) is 25.1. The molecule has 0 atom stereocenters. The molecule has 5 nitrogen and oxygen atoms in total. The number of methoxy groups -OCH3 is 1. The molecule has 6 heteroatoms. The van der Waals surface area contributed by atoms with E-state index in [1.54, 1.807) is 25.3 Å². The summed E-state index contributed by atoms with van der Waals surface area (Å²) in [6.07, 6.45) is 0. The number of rotatable bonds is 4. The van der Waals surface area contributed by atoms with E-state index in [1.807, 2.05) is 6.92 Å². The standard InChI is InChI=1S/C20H17FN2O3/c1-12-11-15(26-2)7-9-17(12)23-18(24)10-8-16(20(23)22)19(25)13-3-5-14(21)6-4-13/h3-11H,22H2,1-2H3. The first kappa shape index (κ1) is 17.4. The van der Waals surface area contributed by atoms with E-state index in [0.29, 0.717) is 11.4 Å². The molecule has 0 bridgehead atoms. The maximum Gasteiger partial charge on any atom is 0.256 e. The minimum Gasteiger partial charge on any atom is -0.497 e. The molecule has 0 amide bonds. The number of hydrogen-bond acceptors (Lipinski definition) is 4. The second-order valence-corrected chi connectivity index (χ2v) is 5.79. The van der Waals surface area contributed by atoms with E-state index in [-0.39, 0.29) is 28.3 Å². The number of nitrogen functional groups attached to an aromatic ring is 1. The van der Waals surface area contributed by atoms with E-state index >= 15 is 0 Å². The van der Waals surface area contributed by atoms with E-state index in [4.69, 9.17) is 10.5 Å². The van der Waals surface area contributed by atoms with E-state index in [1.165, 1.54) is 41.0 Å². The molecule has 0 saturated heterocycles. The molecular formula is C20H17FN2O3. The molecule has 0 saturated carbocycles. The molecule has 0 fully saturated rings. The number of nitrogens with two attached hydrogens (primary N) is 1. The summed E-state index contributed by atoms with van der Waals surface area (Å²) < 4.78 is 19.5. The summed E-state index contributed by atoms with van der Waals surface area (Å²) >= 11 is 0. The Hall–Kier alpha value is -3.41. The fourth-order valence-corrected chi connectivity index (χ4v) is 2.76. The number of aromatic nitrogens is 1. The molecule has 0 spiro atoms. The van der Waals surface area contributed by atoms with Crippen LogP contribution in [-0.4, -0.2) is 17.5 Å². The van der Waals surface area contributed by atoms with Gasteiger partial charge in [-0.15, -0.1) is 0 Å². The number of halogens is 1. The number of nitrogens with zero attached hydrogens (tertiary/aromatic N) is 1. The molecule has 1 heterocycles. The first-order valence-electron chi connectivity index (χ1n) is 7.89. The van der Waals surface area contributed by atoms with Crippen LogP contribution in [0.4, 0.5) is 10.2 Å². The van der Waals surface area contributed by atoms with Crippen molar-refractivity contribution in [2.75, 3.05) is 12.8 Å². The van der Waals surface area contributed by atoms with Crippen molar-refractivity contribution in [2.45, 2.75) is 6.92 Å². The number of benzene rings is 2. The minimum atomic E-state index is -0.437. The lowest BCUT2D eigenvalue weighted by Gasteiger charge is -2.15. The predicted octanol–water partition coefficient (Wildman–Crippen LogP) is 3.11. The van der Waals surface area contributed by atoms with Crippen LogP contribution in [0.2, 0.25) is 0 Å². The molecule has 0 aliphatic carbocycles. The average molecular weight is 352 g/mol. The van der Waals surface area contributed by atoms with Crippen molar-refractivity contribution in [3.05, 3.63) is 87.5 Å². The second kappa shape index (κ2) is 6.84. The minimum absolute atomic E-state index is 0.0279. The number of carbonyl (C=O) groups excluding carboxylic acids is 1. The van der Waals surface area contributed by atoms with Crippen LogP contribution in [0.25, 0.3) is 5.69 Å². The third kappa shape index (κ3) is 3.09. The highest BCUT2D eigenvalue weighted by atomic mass is 19.1. The van der Waals surface area contributed by atoms with Gasteiger partial charge in [0, 0.05) is 11.6 Å². The maximum absolute atomic E-state index is 13.1. The van der Waals surface area contributed by atoms with Gasteiger partial charge >= 0.3 is 0 Å². The smallest absolute Gasteiger partial charge is 0.256 e. The lowest BCUT2D eigenvalue weighted by atomic mass is 10.0. The van der Waals surface area contributed by atoms with Crippen molar-refractivity contribution in [2.24, 2.45) is 0 Å². The zero-order valence-electron chi connectivity index (χ0n) is 14.3. The highest BCUT2D eigenvalue weighted by Crippen LogP contribution is 2.24. The third-order valence-electron chi connectivity index (χ3n) is 4.13. The predicted molar refractivity (Wildman–Crippen MR) is 97.6 cm³/mol. The summed E-state index contributed by atoms with van der Waals surface area (Å²) in [7, 11) is 1.55. The molecule has 0 aliphatic rings. The van der Waals surface area contributed by atoms with Crippen LogP contribution in [0.5, 0.6) is 5.75 Å². The van der Waals surface area contributed by atoms with Gasteiger partial charge in [-0.05, 0) is 61.0 Å². The zero-order valence-corrected chi connectivity index (χ0v) is 14.3. The zero-order chi connectivity index (χ0) is 18.8. The average Bonchev–Trinajstić information content (AvgIpc) is 2.63. The molecule has 3 aromatic rings. The summed E-state index contributed by atoms with van der Waals surface area (Å²) in [5, 5.41) is 0. The van der Waals surface area contributed by atoms with E-state index < -0.39 is 5.82 Å². The van der Waals surface area contributed by atoms with Crippen molar-refractivity contribution < 1.29 is 13.9 Å². The lowest BCUT2D eigenvalue weighted by Crippen LogP contribution is -2.24. The quantitative estimate of drug-likeness (QED) is 0.732. The van der Waals surface area contributed by atoms with E-state index in [9.17, 15) is 14.0 Å². The molecule has 2 N–H and O–H groups in total. The van der Waals surface area contributed by atoms with E-state index in [0.717, 1.165) is 5.56 Å². The molecule has 1 aromatic heterocycles. The molecule has 132 valence electrons. The molecule has 3 rings (SSSR count). The first-order valence-corrected chi connectivity index (χ1v) is 7.89. The van der Waals surface area contributed by atoms with Gasteiger partial charge in [-0.3, -0.25) is 14.2 Å². The van der Waals surface area contributed by atoms with Crippen LogP contribution < -0.4 is 16.0 Å². The summed E-state index contributed by atoms with van der Waals surface area (Å²) in [6.45, 7) is 1.82. The summed E-state index contributed by atoms with van der Waals surface area (Å²) in [6, 6.07) is 13.0. The van der Waals surface area contributed by atoms with Gasteiger partial charge in [0.25, 0.3) is 5.56 Å². The SMILES string of the molecule is COc1ccc(-n2c(N)c(C(=O)c3ccc(F)cc3)ccc2=O)c(C)c1. The third-order valence-corrected chi connectivity index (χ3v) is 4.13. The Labute approximate surface area is 149 Å². The van der Waals surface area contributed by atoms with E-state index in [2.05, 4.69) is 0 Å². The summed E-state index contributed by atoms with van der Waals surface area (Å²) in [5.74, 6) is -0.146. The van der Waals surface area contributed by atoms with Crippen molar-refractivity contribution in [3.8, 4) is 11.4 Å². The Balaban J connectivity index is 2.14. The number of carbonyl (C=O) groups is 1. The maximum atomic E-state index is 13.1. The molecule has 0 aliphatic heterocycles. The van der Waals surface area contributed by atoms with Crippen LogP contribution in [0.1, 0.15) is 21.5 Å². The largest absolute Gasteiger partial charge is 0.497 e. The summed E-state index contributed by atoms with van der Waals surface area (Å²) in [5.41, 5.74) is 7.59. The normalized spacial score (nSPS) is 10.6. The Kier molecular flexibility index (Phi) is 4.58. The van der Waals surface area contributed by atoms with Crippen molar-refractivity contribution in [1.29, 1.82) is 0 Å². The van der Waals surface area contributed by atoms with Crippen LogP contribution >= 0.6 is 0 Å². The Morgan fingerprint density at radius 3 is 2.38 bits per heavy atom. The number of ketones is 1. The van der Waals surface area contributed by atoms with Gasteiger partial charge in [0.15, 0.2) is 5.78 Å². The van der Waals surface area contributed by atoms with Crippen LogP contribution in [0.3, 0.4) is 0 Å². The molecule has 0 unspecified atom stereocenters. The first-order chi connectivity index (χ1) is 12.4. The van der Waals surface area contributed by atoms with Crippen LogP contribution in [0, 0.1) is 12.7 Å². The van der Waals surface area contributed by atoms with Crippen molar-refractivity contribution >= 4 is 11.6 Å². The Morgan fingerprint density at radius 2 is 1.77 bits per heavy atom. The van der Waals surface area contributed by atoms with Gasteiger partial charge in [-0.1, -0.05) is 0 Å². The van der Waals surface area contributed by atoms with Crippen LogP contribution in [0.15, 0.2) is 59.4 Å². The van der Waals surface area contributed by atoms with Crippen molar-refractivity contribution in [1.82, 2.24) is 4.57 Å². The number of anilines is 1. The fourth-order valence-electron chi connectivity index (χ4n) is 2.76. The highest BCUT2D eigenvalue weighted by Gasteiger charge is 2.18.